The molecule has 6 nitrogen and oxygen atoms in total. The third-order valence-corrected chi connectivity index (χ3v) is 3.59. The summed E-state index contributed by atoms with van der Waals surface area (Å²) in [5.74, 6) is -0.631. The van der Waals surface area contributed by atoms with Crippen molar-refractivity contribution in [3.8, 4) is 5.75 Å². The van der Waals surface area contributed by atoms with Gasteiger partial charge in [0.05, 0.1) is 7.11 Å². The molecule has 0 fully saturated rings. The fourth-order valence-electron chi connectivity index (χ4n) is 1.74. The monoisotopic (exact) mass is 358 g/mol. The Hall–Kier alpha value is -1.76. The summed E-state index contributed by atoms with van der Waals surface area (Å²) >= 11 is 3.31. The van der Waals surface area contributed by atoms with Crippen molar-refractivity contribution in [2.75, 3.05) is 12.4 Å². The molecular formula is C14H19BrN2O4. The highest BCUT2D eigenvalue weighted by molar-refractivity contribution is 9.10. The highest BCUT2D eigenvalue weighted by Crippen LogP contribution is 2.24. The quantitative estimate of drug-likeness (QED) is 0.728. The van der Waals surface area contributed by atoms with E-state index in [0.717, 1.165) is 4.47 Å². The van der Waals surface area contributed by atoms with Gasteiger partial charge in [-0.2, -0.15) is 0 Å². The fraction of sp³-hybridized carbons (Fsp3) is 0.429. The first-order valence-electron chi connectivity index (χ1n) is 6.52. The van der Waals surface area contributed by atoms with Gasteiger partial charge in [-0.1, -0.05) is 36.2 Å². The third-order valence-electron chi connectivity index (χ3n) is 3.13. The average Bonchev–Trinajstić information content (AvgIpc) is 2.42. The van der Waals surface area contributed by atoms with Crippen LogP contribution in [-0.2, 0) is 4.79 Å². The number of carbonyl (C=O) groups is 2. The summed E-state index contributed by atoms with van der Waals surface area (Å²) in [5.41, 5.74) is 0.506. The molecule has 0 saturated heterocycles. The maximum Gasteiger partial charge on any atom is 0.326 e. The smallest absolute Gasteiger partial charge is 0.326 e. The van der Waals surface area contributed by atoms with Gasteiger partial charge in [-0.15, -0.1) is 0 Å². The average molecular weight is 359 g/mol. The Bertz CT molecular complexity index is 522. The number of carboxylic acids is 1. The van der Waals surface area contributed by atoms with Crippen LogP contribution in [0.25, 0.3) is 0 Å². The Kier molecular flexibility index (Phi) is 6.48. The molecule has 0 saturated carbocycles. The van der Waals surface area contributed by atoms with Gasteiger partial charge < -0.3 is 20.5 Å². The number of hydrogen-bond acceptors (Lipinski definition) is 3. The molecule has 0 aliphatic carbocycles. The standard InChI is InChI=1S/C14H19BrN2O4/c1-4-8(2)12(13(18)19)17-14(20)16-10-5-9(15)6-11(7-10)21-3/h5-8,12H,4H2,1-3H3,(H,18,19)(H2,16,17,20)/t8-,12-/m0/s1. The molecule has 0 radical (unpaired) electrons. The van der Waals surface area contributed by atoms with Gasteiger partial charge >= 0.3 is 12.0 Å². The fourth-order valence-corrected chi connectivity index (χ4v) is 2.22. The van der Waals surface area contributed by atoms with Crippen molar-refractivity contribution in [3.05, 3.63) is 22.7 Å². The molecule has 0 aromatic heterocycles. The number of rotatable bonds is 6. The summed E-state index contributed by atoms with van der Waals surface area (Å²) in [4.78, 5) is 23.1. The van der Waals surface area contributed by atoms with Crippen LogP contribution in [0.3, 0.4) is 0 Å². The first kappa shape index (κ1) is 17.3. The second-order valence-corrected chi connectivity index (χ2v) is 5.60. The SMILES string of the molecule is CC[C@H](C)[C@H](NC(=O)Nc1cc(Br)cc(OC)c1)C(=O)O. The lowest BCUT2D eigenvalue weighted by atomic mass is 9.99. The molecule has 21 heavy (non-hydrogen) atoms. The summed E-state index contributed by atoms with van der Waals surface area (Å²) in [6, 6.07) is 3.60. The normalized spacial score (nSPS) is 13.1. The Labute approximate surface area is 132 Å². The number of aliphatic carboxylic acids is 1. The van der Waals surface area contributed by atoms with Gasteiger partial charge in [0.25, 0.3) is 0 Å². The minimum absolute atomic E-state index is 0.162. The number of carboxylic acid groups (broad SMARTS) is 1. The summed E-state index contributed by atoms with van der Waals surface area (Å²) in [7, 11) is 1.52. The third kappa shape index (κ3) is 5.26. The van der Waals surface area contributed by atoms with Gasteiger partial charge in [0, 0.05) is 16.2 Å². The Morgan fingerprint density at radius 3 is 2.57 bits per heavy atom. The van der Waals surface area contributed by atoms with Crippen LogP contribution >= 0.6 is 15.9 Å². The molecule has 0 spiro atoms. The largest absolute Gasteiger partial charge is 0.497 e. The Morgan fingerprint density at radius 2 is 2.05 bits per heavy atom. The van der Waals surface area contributed by atoms with Crippen LogP contribution in [0, 0.1) is 5.92 Å². The van der Waals surface area contributed by atoms with Gasteiger partial charge in [0.2, 0.25) is 0 Å². The van der Waals surface area contributed by atoms with E-state index in [-0.39, 0.29) is 5.92 Å². The summed E-state index contributed by atoms with van der Waals surface area (Å²) in [6.07, 6.45) is 0.655. The Morgan fingerprint density at radius 1 is 1.38 bits per heavy atom. The molecule has 0 aliphatic rings. The second-order valence-electron chi connectivity index (χ2n) is 4.68. The van der Waals surface area contributed by atoms with Gasteiger partial charge in [-0.3, -0.25) is 0 Å². The van der Waals surface area contributed by atoms with Crippen LogP contribution in [0.15, 0.2) is 22.7 Å². The molecule has 2 atom stereocenters. The second kappa shape index (κ2) is 7.87. The summed E-state index contributed by atoms with van der Waals surface area (Å²) in [5, 5.41) is 14.2. The van der Waals surface area contributed by atoms with Crippen LogP contribution < -0.4 is 15.4 Å². The maximum absolute atomic E-state index is 11.9. The van der Waals surface area contributed by atoms with Crippen LogP contribution in [0.2, 0.25) is 0 Å². The minimum Gasteiger partial charge on any atom is -0.497 e. The van der Waals surface area contributed by atoms with E-state index in [0.29, 0.717) is 17.9 Å². The number of methoxy groups -OCH3 is 1. The van der Waals surface area contributed by atoms with E-state index in [4.69, 9.17) is 9.84 Å². The number of amides is 2. The minimum atomic E-state index is -1.05. The van der Waals surface area contributed by atoms with E-state index in [9.17, 15) is 9.59 Å². The van der Waals surface area contributed by atoms with E-state index < -0.39 is 18.0 Å². The molecule has 1 rings (SSSR count). The highest BCUT2D eigenvalue weighted by atomic mass is 79.9. The van der Waals surface area contributed by atoms with E-state index in [1.807, 2.05) is 6.92 Å². The van der Waals surface area contributed by atoms with E-state index in [2.05, 4.69) is 26.6 Å². The number of urea groups is 1. The van der Waals surface area contributed by atoms with Gasteiger partial charge in [-0.05, 0) is 18.1 Å². The Balaban J connectivity index is 2.76. The predicted octanol–water partition coefficient (Wildman–Crippen LogP) is 3.08. The number of benzene rings is 1. The van der Waals surface area contributed by atoms with Crippen molar-refractivity contribution in [2.24, 2.45) is 5.92 Å². The number of hydrogen-bond donors (Lipinski definition) is 3. The summed E-state index contributed by atoms with van der Waals surface area (Å²) in [6.45, 7) is 3.65. The van der Waals surface area contributed by atoms with Crippen LogP contribution in [0.1, 0.15) is 20.3 Å². The molecule has 1 aromatic carbocycles. The molecule has 116 valence electrons. The lowest BCUT2D eigenvalue weighted by molar-refractivity contribution is -0.140. The zero-order valence-electron chi connectivity index (χ0n) is 12.1. The van der Waals surface area contributed by atoms with E-state index in [1.54, 1.807) is 25.1 Å². The first-order chi connectivity index (χ1) is 9.87. The molecule has 0 aliphatic heterocycles. The number of anilines is 1. The van der Waals surface area contributed by atoms with Crippen LogP contribution in [0.4, 0.5) is 10.5 Å². The lowest BCUT2D eigenvalue weighted by Crippen LogP contribution is -2.46. The maximum atomic E-state index is 11.9. The predicted molar refractivity (Wildman–Crippen MR) is 83.7 cm³/mol. The van der Waals surface area contributed by atoms with Crippen LogP contribution in [-0.4, -0.2) is 30.3 Å². The van der Waals surface area contributed by atoms with Crippen molar-refractivity contribution >= 4 is 33.6 Å². The highest BCUT2D eigenvalue weighted by Gasteiger charge is 2.25. The molecule has 0 bridgehead atoms. The van der Waals surface area contributed by atoms with Crippen molar-refractivity contribution in [3.63, 3.8) is 0 Å². The summed E-state index contributed by atoms with van der Waals surface area (Å²) < 4.78 is 5.84. The topological polar surface area (TPSA) is 87.7 Å². The first-order valence-corrected chi connectivity index (χ1v) is 7.31. The molecule has 2 amide bonds. The van der Waals surface area contributed by atoms with Crippen LogP contribution in [0.5, 0.6) is 5.75 Å². The number of nitrogens with one attached hydrogen (secondary N) is 2. The zero-order chi connectivity index (χ0) is 16.0. The van der Waals surface area contributed by atoms with Gasteiger partial charge in [0.1, 0.15) is 11.8 Å². The number of ether oxygens (including phenoxy) is 1. The molecular weight excluding hydrogens is 340 g/mol. The molecule has 7 heteroatoms. The zero-order valence-corrected chi connectivity index (χ0v) is 13.7. The number of carbonyl (C=O) groups excluding carboxylic acids is 1. The molecule has 0 unspecified atom stereocenters. The van der Waals surface area contributed by atoms with Crippen molar-refractivity contribution in [1.29, 1.82) is 0 Å². The number of halogens is 1. The van der Waals surface area contributed by atoms with Gasteiger partial charge in [0.15, 0.2) is 0 Å². The lowest BCUT2D eigenvalue weighted by Gasteiger charge is -2.20. The molecule has 0 heterocycles. The van der Waals surface area contributed by atoms with Crippen molar-refractivity contribution in [2.45, 2.75) is 26.3 Å². The molecule has 3 N–H and O–H groups in total. The molecule has 1 aromatic rings. The van der Waals surface area contributed by atoms with Crippen molar-refractivity contribution in [1.82, 2.24) is 5.32 Å². The van der Waals surface area contributed by atoms with Gasteiger partial charge in [-0.25, -0.2) is 9.59 Å². The van der Waals surface area contributed by atoms with Crippen molar-refractivity contribution < 1.29 is 19.4 Å². The van der Waals surface area contributed by atoms with E-state index >= 15 is 0 Å². The van der Waals surface area contributed by atoms with E-state index in [1.165, 1.54) is 7.11 Å².